The minimum absolute atomic E-state index is 0.354. The SMILES string of the molecule is CCNC(=NCCCN1CC(C)OC(C)C1)NC1CCCCC1. The van der Waals surface area contributed by atoms with E-state index in [-0.39, 0.29) is 0 Å². The van der Waals surface area contributed by atoms with Crippen LogP contribution in [0.2, 0.25) is 0 Å². The molecule has 2 fully saturated rings. The summed E-state index contributed by atoms with van der Waals surface area (Å²) in [6.45, 7) is 11.5. The third kappa shape index (κ3) is 7.08. The Bertz CT molecular complexity index is 345. The van der Waals surface area contributed by atoms with Crippen LogP contribution in [0.25, 0.3) is 0 Å². The molecular weight excluding hydrogens is 288 g/mol. The van der Waals surface area contributed by atoms with Crippen LogP contribution < -0.4 is 10.6 Å². The van der Waals surface area contributed by atoms with Gasteiger partial charge in [-0.25, -0.2) is 0 Å². The van der Waals surface area contributed by atoms with Gasteiger partial charge in [0.25, 0.3) is 0 Å². The fraction of sp³-hybridized carbons (Fsp3) is 0.944. The summed E-state index contributed by atoms with van der Waals surface area (Å²) in [4.78, 5) is 7.28. The van der Waals surface area contributed by atoms with Crippen LogP contribution in [0.5, 0.6) is 0 Å². The van der Waals surface area contributed by atoms with E-state index in [0.717, 1.165) is 45.1 Å². The van der Waals surface area contributed by atoms with Gasteiger partial charge in [0.05, 0.1) is 12.2 Å². The van der Waals surface area contributed by atoms with Gasteiger partial charge in [0.15, 0.2) is 5.96 Å². The second-order valence-corrected chi connectivity index (χ2v) is 7.11. The molecule has 134 valence electrons. The summed E-state index contributed by atoms with van der Waals surface area (Å²) < 4.78 is 5.79. The summed E-state index contributed by atoms with van der Waals surface area (Å²) in [5, 5.41) is 7.00. The normalized spacial score (nSPS) is 27.9. The van der Waals surface area contributed by atoms with Crippen molar-refractivity contribution in [3.8, 4) is 0 Å². The van der Waals surface area contributed by atoms with E-state index in [1.165, 1.54) is 32.1 Å². The van der Waals surface area contributed by atoms with E-state index in [1.54, 1.807) is 0 Å². The highest BCUT2D eigenvalue weighted by Crippen LogP contribution is 2.17. The Kier molecular flexibility index (Phi) is 8.17. The molecule has 2 aliphatic rings. The van der Waals surface area contributed by atoms with Crippen LogP contribution in [0, 0.1) is 0 Å². The lowest BCUT2D eigenvalue weighted by atomic mass is 9.96. The van der Waals surface area contributed by atoms with Crippen molar-refractivity contribution in [2.24, 2.45) is 4.99 Å². The summed E-state index contributed by atoms with van der Waals surface area (Å²) in [5.74, 6) is 1.00. The lowest BCUT2D eigenvalue weighted by molar-refractivity contribution is -0.0679. The highest BCUT2D eigenvalue weighted by Gasteiger charge is 2.21. The second-order valence-electron chi connectivity index (χ2n) is 7.11. The molecule has 5 nitrogen and oxygen atoms in total. The molecule has 23 heavy (non-hydrogen) atoms. The van der Waals surface area contributed by atoms with Gasteiger partial charge in [0.1, 0.15) is 0 Å². The van der Waals surface area contributed by atoms with Gasteiger partial charge in [0.2, 0.25) is 0 Å². The minimum Gasteiger partial charge on any atom is -0.373 e. The Labute approximate surface area is 142 Å². The Balaban J connectivity index is 1.69. The first-order chi connectivity index (χ1) is 11.2. The van der Waals surface area contributed by atoms with E-state index in [2.05, 4.69) is 36.3 Å². The van der Waals surface area contributed by atoms with Crippen molar-refractivity contribution in [2.45, 2.75) is 77.5 Å². The molecular formula is C18H36N4O. The fourth-order valence-electron chi connectivity index (χ4n) is 3.71. The molecule has 1 aliphatic carbocycles. The van der Waals surface area contributed by atoms with Gasteiger partial charge >= 0.3 is 0 Å². The molecule has 0 aromatic carbocycles. The topological polar surface area (TPSA) is 48.9 Å². The molecule has 5 heteroatoms. The Morgan fingerprint density at radius 2 is 1.83 bits per heavy atom. The van der Waals surface area contributed by atoms with Crippen molar-refractivity contribution in [1.29, 1.82) is 0 Å². The van der Waals surface area contributed by atoms with Gasteiger partial charge in [-0.3, -0.25) is 9.89 Å². The van der Waals surface area contributed by atoms with Crippen molar-refractivity contribution in [1.82, 2.24) is 15.5 Å². The van der Waals surface area contributed by atoms with Crippen molar-refractivity contribution >= 4 is 5.96 Å². The summed E-state index contributed by atoms with van der Waals surface area (Å²) in [6, 6.07) is 0.613. The Hall–Kier alpha value is -0.810. The van der Waals surface area contributed by atoms with Gasteiger partial charge in [0, 0.05) is 38.8 Å². The molecule has 0 radical (unpaired) electrons. The highest BCUT2D eigenvalue weighted by molar-refractivity contribution is 5.80. The van der Waals surface area contributed by atoms with Gasteiger partial charge in [-0.15, -0.1) is 0 Å². The number of morpholine rings is 1. The molecule has 2 atom stereocenters. The minimum atomic E-state index is 0.354. The van der Waals surface area contributed by atoms with Crippen LogP contribution in [0.3, 0.4) is 0 Å². The molecule has 0 spiro atoms. The van der Waals surface area contributed by atoms with Crippen LogP contribution in [0.15, 0.2) is 4.99 Å². The fourth-order valence-corrected chi connectivity index (χ4v) is 3.71. The van der Waals surface area contributed by atoms with E-state index < -0.39 is 0 Å². The summed E-state index contributed by atoms with van der Waals surface area (Å²) in [5.41, 5.74) is 0. The lowest BCUT2D eigenvalue weighted by Gasteiger charge is -2.35. The Morgan fingerprint density at radius 1 is 1.13 bits per heavy atom. The van der Waals surface area contributed by atoms with Gasteiger partial charge in [-0.2, -0.15) is 0 Å². The monoisotopic (exact) mass is 324 g/mol. The smallest absolute Gasteiger partial charge is 0.191 e. The van der Waals surface area contributed by atoms with Crippen molar-refractivity contribution in [3.63, 3.8) is 0 Å². The average Bonchev–Trinajstić information content (AvgIpc) is 2.52. The standard InChI is InChI=1S/C18H36N4O/c1-4-19-18(21-17-9-6-5-7-10-17)20-11-8-12-22-13-15(2)23-16(3)14-22/h15-17H,4-14H2,1-3H3,(H2,19,20,21). The molecule has 1 heterocycles. The van der Waals surface area contributed by atoms with Gasteiger partial charge < -0.3 is 15.4 Å². The molecule has 0 aromatic heterocycles. The van der Waals surface area contributed by atoms with E-state index in [4.69, 9.17) is 9.73 Å². The van der Waals surface area contributed by atoms with Gasteiger partial charge in [-0.05, 0) is 40.0 Å². The zero-order valence-electron chi connectivity index (χ0n) is 15.3. The molecule has 1 aliphatic heterocycles. The molecule has 0 amide bonds. The molecule has 2 N–H and O–H groups in total. The quantitative estimate of drug-likeness (QED) is 0.447. The second kappa shape index (κ2) is 10.1. The highest BCUT2D eigenvalue weighted by atomic mass is 16.5. The third-order valence-electron chi connectivity index (χ3n) is 4.69. The molecule has 1 saturated carbocycles. The first kappa shape index (κ1) is 18.5. The molecule has 1 saturated heterocycles. The van der Waals surface area contributed by atoms with Crippen molar-refractivity contribution in [2.75, 3.05) is 32.7 Å². The number of hydrogen-bond acceptors (Lipinski definition) is 3. The molecule has 2 rings (SSSR count). The first-order valence-corrected chi connectivity index (χ1v) is 9.60. The van der Waals surface area contributed by atoms with Crippen molar-refractivity contribution < 1.29 is 4.74 Å². The number of ether oxygens (including phenoxy) is 1. The predicted octanol–water partition coefficient (Wildman–Crippen LogP) is 2.37. The van der Waals surface area contributed by atoms with Gasteiger partial charge in [-0.1, -0.05) is 19.3 Å². The maximum atomic E-state index is 5.79. The summed E-state index contributed by atoms with van der Waals surface area (Å²) >= 11 is 0. The summed E-state index contributed by atoms with van der Waals surface area (Å²) in [6.07, 6.45) is 8.49. The maximum absolute atomic E-state index is 5.79. The van der Waals surface area contributed by atoms with Crippen LogP contribution in [-0.2, 0) is 4.74 Å². The van der Waals surface area contributed by atoms with Crippen LogP contribution in [-0.4, -0.2) is 61.8 Å². The predicted molar refractivity (Wildman–Crippen MR) is 97.1 cm³/mol. The number of nitrogens with one attached hydrogen (secondary N) is 2. The molecule has 0 bridgehead atoms. The van der Waals surface area contributed by atoms with Crippen LogP contribution in [0.4, 0.5) is 0 Å². The number of aliphatic imine (C=N–C) groups is 1. The van der Waals surface area contributed by atoms with E-state index in [9.17, 15) is 0 Å². The zero-order chi connectivity index (χ0) is 16.5. The largest absolute Gasteiger partial charge is 0.373 e. The third-order valence-corrected chi connectivity index (χ3v) is 4.69. The van der Waals surface area contributed by atoms with Crippen molar-refractivity contribution in [3.05, 3.63) is 0 Å². The first-order valence-electron chi connectivity index (χ1n) is 9.60. The summed E-state index contributed by atoms with van der Waals surface area (Å²) in [7, 11) is 0. The Morgan fingerprint density at radius 3 is 2.48 bits per heavy atom. The maximum Gasteiger partial charge on any atom is 0.191 e. The average molecular weight is 325 g/mol. The number of guanidine groups is 1. The van der Waals surface area contributed by atoms with Crippen LogP contribution in [0.1, 0.15) is 59.3 Å². The molecule has 2 unspecified atom stereocenters. The number of rotatable bonds is 6. The number of hydrogen-bond donors (Lipinski definition) is 2. The van der Waals surface area contributed by atoms with E-state index >= 15 is 0 Å². The van der Waals surface area contributed by atoms with E-state index in [0.29, 0.717) is 18.2 Å². The lowest BCUT2D eigenvalue weighted by Crippen LogP contribution is -2.46. The zero-order valence-corrected chi connectivity index (χ0v) is 15.3. The van der Waals surface area contributed by atoms with E-state index in [1.807, 2.05) is 0 Å². The number of nitrogens with zero attached hydrogens (tertiary/aromatic N) is 2. The van der Waals surface area contributed by atoms with Crippen LogP contribution >= 0.6 is 0 Å². The molecule has 0 aromatic rings.